The lowest BCUT2D eigenvalue weighted by molar-refractivity contribution is 0.520. The van der Waals surface area contributed by atoms with Gasteiger partial charge in [0.25, 0.3) is 0 Å². The molecule has 1 unspecified atom stereocenters. The van der Waals surface area contributed by atoms with Crippen molar-refractivity contribution >= 4 is 27.5 Å². The van der Waals surface area contributed by atoms with Crippen molar-refractivity contribution in [2.75, 3.05) is 0 Å². The van der Waals surface area contributed by atoms with Crippen molar-refractivity contribution in [3.05, 3.63) is 51.2 Å². The second-order valence-corrected chi connectivity index (χ2v) is 5.54. The van der Waals surface area contributed by atoms with E-state index in [0.717, 1.165) is 28.7 Å². The Morgan fingerprint density at radius 3 is 2.95 bits per heavy atom. The van der Waals surface area contributed by atoms with Gasteiger partial charge in [0.05, 0.1) is 11.7 Å². The average molecular weight is 344 g/mol. The van der Waals surface area contributed by atoms with Crippen molar-refractivity contribution in [1.29, 1.82) is 0 Å². The zero-order valence-corrected chi connectivity index (χ0v) is 12.9. The first-order valence-electron chi connectivity index (χ1n) is 6.10. The number of aromatic nitrogens is 2. The van der Waals surface area contributed by atoms with E-state index in [-0.39, 0.29) is 6.04 Å². The van der Waals surface area contributed by atoms with Gasteiger partial charge in [-0.25, -0.2) is 5.43 Å². The van der Waals surface area contributed by atoms with Crippen LogP contribution in [0.5, 0.6) is 0 Å². The maximum absolute atomic E-state index is 6.07. The van der Waals surface area contributed by atoms with Crippen LogP contribution in [-0.2, 0) is 6.54 Å². The third-order valence-electron chi connectivity index (χ3n) is 2.92. The molecule has 6 heteroatoms. The first-order chi connectivity index (χ1) is 9.17. The summed E-state index contributed by atoms with van der Waals surface area (Å²) in [6.45, 7) is 2.98. The normalized spacial score (nSPS) is 12.6. The predicted molar refractivity (Wildman–Crippen MR) is 80.8 cm³/mol. The number of nitrogens with one attached hydrogen (secondary N) is 1. The Hall–Kier alpha value is -0.880. The molecule has 2 rings (SSSR count). The van der Waals surface area contributed by atoms with E-state index in [4.69, 9.17) is 17.4 Å². The molecule has 0 radical (unpaired) electrons. The first kappa shape index (κ1) is 14.5. The molecular formula is C13H16BrClN4. The molecule has 0 fully saturated rings. The van der Waals surface area contributed by atoms with E-state index in [1.54, 1.807) is 6.20 Å². The molecule has 0 saturated carbocycles. The third-order valence-corrected chi connectivity index (χ3v) is 3.87. The maximum atomic E-state index is 6.07. The molecule has 0 aliphatic heterocycles. The summed E-state index contributed by atoms with van der Waals surface area (Å²) < 4.78 is 2.92. The molecule has 19 heavy (non-hydrogen) atoms. The van der Waals surface area contributed by atoms with E-state index in [1.165, 1.54) is 0 Å². The van der Waals surface area contributed by atoms with Gasteiger partial charge in [-0.3, -0.25) is 10.5 Å². The Morgan fingerprint density at radius 2 is 2.26 bits per heavy atom. The van der Waals surface area contributed by atoms with Crippen LogP contribution in [0.1, 0.15) is 30.6 Å². The largest absolute Gasteiger partial charge is 0.271 e. The van der Waals surface area contributed by atoms with E-state index >= 15 is 0 Å². The topological polar surface area (TPSA) is 55.9 Å². The lowest BCUT2D eigenvalue weighted by atomic mass is 10.0. The molecule has 4 nitrogen and oxygen atoms in total. The van der Waals surface area contributed by atoms with Crippen molar-refractivity contribution in [3.63, 3.8) is 0 Å². The number of rotatable bonds is 5. The number of nitrogens with two attached hydrogens (primary N) is 1. The molecule has 0 aliphatic rings. The molecule has 0 saturated heterocycles. The molecule has 102 valence electrons. The second-order valence-electron chi connectivity index (χ2n) is 4.24. The maximum Gasteiger partial charge on any atom is 0.0889 e. The zero-order chi connectivity index (χ0) is 13.8. The number of benzene rings is 1. The summed E-state index contributed by atoms with van der Waals surface area (Å²) >= 11 is 9.61. The predicted octanol–water partition coefficient (Wildman–Crippen LogP) is 3.26. The summed E-state index contributed by atoms with van der Waals surface area (Å²) in [6.07, 6.45) is 2.80. The van der Waals surface area contributed by atoms with Crippen LogP contribution in [0, 0.1) is 0 Å². The summed E-state index contributed by atoms with van der Waals surface area (Å²) in [6, 6.07) is 7.48. The highest BCUT2D eigenvalue weighted by Gasteiger charge is 2.19. The van der Waals surface area contributed by atoms with E-state index < -0.39 is 0 Å². The first-order valence-corrected chi connectivity index (χ1v) is 7.27. The summed E-state index contributed by atoms with van der Waals surface area (Å²) in [4.78, 5) is 0. The van der Waals surface area contributed by atoms with Gasteiger partial charge >= 0.3 is 0 Å². The smallest absolute Gasteiger partial charge is 0.0889 e. The van der Waals surface area contributed by atoms with Crippen LogP contribution in [0.15, 0.2) is 34.9 Å². The number of aryl methyl sites for hydroxylation is 1. The average Bonchev–Trinajstić information content (AvgIpc) is 2.83. The molecule has 1 aromatic heterocycles. The molecule has 1 aromatic carbocycles. The van der Waals surface area contributed by atoms with Gasteiger partial charge in [-0.05, 0) is 36.2 Å². The van der Waals surface area contributed by atoms with E-state index in [0.29, 0.717) is 5.02 Å². The lowest BCUT2D eigenvalue weighted by Gasteiger charge is -2.19. The van der Waals surface area contributed by atoms with Crippen LogP contribution in [0.3, 0.4) is 0 Å². The molecule has 3 N–H and O–H groups in total. The fraction of sp³-hybridized carbons (Fsp3) is 0.308. The Kier molecular flexibility index (Phi) is 4.99. The highest BCUT2D eigenvalue weighted by atomic mass is 79.9. The quantitative estimate of drug-likeness (QED) is 0.647. The number of halogens is 2. The van der Waals surface area contributed by atoms with Crippen LogP contribution in [-0.4, -0.2) is 9.78 Å². The summed E-state index contributed by atoms with van der Waals surface area (Å²) in [5.41, 5.74) is 4.85. The van der Waals surface area contributed by atoms with Gasteiger partial charge in [0.15, 0.2) is 0 Å². The summed E-state index contributed by atoms with van der Waals surface area (Å²) in [5.74, 6) is 5.72. The minimum Gasteiger partial charge on any atom is -0.271 e. The van der Waals surface area contributed by atoms with E-state index in [1.807, 2.05) is 28.9 Å². The Bertz CT molecular complexity index is 555. The van der Waals surface area contributed by atoms with Gasteiger partial charge in [0, 0.05) is 22.2 Å². The Balaban J connectivity index is 2.44. The molecule has 1 heterocycles. The van der Waals surface area contributed by atoms with Crippen molar-refractivity contribution < 1.29 is 0 Å². The zero-order valence-electron chi connectivity index (χ0n) is 10.6. The number of hydrogen-bond acceptors (Lipinski definition) is 3. The number of hydrogen-bond donors (Lipinski definition) is 2. The van der Waals surface area contributed by atoms with Gasteiger partial charge < -0.3 is 0 Å². The Labute approximate surface area is 126 Å². The highest BCUT2D eigenvalue weighted by molar-refractivity contribution is 9.10. The van der Waals surface area contributed by atoms with E-state index in [2.05, 4.69) is 33.4 Å². The van der Waals surface area contributed by atoms with Gasteiger partial charge in [-0.15, -0.1) is 0 Å². The van der Waals surface area contributed by atoms with Crippen molar-refractivity contribution in [2.24, 2.45) is 5.84 Å². The molecule has 0 aliphatic carbocycles. The molecule has 2 aromatic rings. The van der Waals surface area contributed by atoms with Gasteiger partial charge in [-0.2, -0.15) is 5.10 Å². The van der Waals surface area contributed by atoms with Crippen LogP contribution >= 0.6 is 27.5 Å². The Morgan fingerprint density at radius 1 is 1.47 bits per heavy atom. The van der Waals surface area contributed by atoms with Crippen LogP contribution in [0.25, 0.3) is 0 Å². The fourth-order valence-corrected chi connectivity index (χ4v) is 2.71. The van der Waals surface area contributed by atoms with Gasteiger partial charge in [-0.1, -0.05) is 34.5 Å². The van der Waals surface area contributed by atoms with Crippen LogP contribution < -0.4 is 11.3 Å². The van der Waals surface area contributed by atoms with Crippen LogP contribution in [0.2, 0.25) is 5.02 Å². The fourth-order valence-electron chi connectivity index (χ4n) is 2.06. The van der Waals surface area contributed by atoms with E-state index in [9.17, 15) is 0 Å². The molecule has 1 atom stereocenters. The van der Waals surface area contributed by atoms with Crippen LogP contribution in [0.4, 0.5) is 0 Å². The number of nitrogens with zero attached hydrogens (tertiary/aromatic N) is 2. The monoisotopic (exact) mass is 342 g/mol. The summed E-state index contributed by atoms with van der Waals surface area (Å²) in [5, 5.41) is 5.01. The highest BCUT2D eigenvalue weighted by Crippen LogP contribution is 2.30. The molecule has 0 amide bonds. The second kappa shape index (κ2) is 6.52. The van der Waals surface area contributed by atoms with Crippen molar-refractivity contribution in [3.8, 4) is 0 Å². The molecule has 0 spiro atoms. The van der Waals surface area contributed by atoms with Gasteiger partial charge in [0.2, 0.25) is 0 Å². The van der Waals surface area contributed by atoms with Gasteiger partial charge in [0.1, 0.15) is 0 Å². The summed E-state index contributed by atoms with van der Waals surface area (Å²) in [7, 11) is 0. The van der Waals surface area contributed by atoms with Crippen molar-refractivity contribution in [1.82, 2.24) is 15.2 Å². The minimum absolute atomic E-state index is 0.151. The third kappa shape index (κ3) is 3.17. The standard InChI is InChI=1S/C13H16BrClN4/c1-2-7-19-12(5-6-17-19)13(18-16)10-8-9(15)3-4-11(10)14/h3-6,8,13,18H,2,7,16H2,1H3. The van der Waals surface area contributed by atoms with Crippen molar-refractivity contribution in [2.45, 2.75) is 25.9 Å². The molecular weight excluding hydrogens is 328 g/mol. The SMILES string of the molecule is CCCn1nccc1C(NN)c1cc(Cl)ccc1Br. The minimum atomic E-state index is -0.151. The molecule has 0 bridgehead atoms. The number of hydrazine groups is 1. The lowest BCUT2D eigenvalue weighted by Crippen LogP contribution is -2.31.